The first-order chi connectivity index (χ1) is 11.6. The van der Waals surface area contributed by atoms with E-state index in [0.717, 1.165) is 25.2 Å². The predicted octanol–water partition coefficient (Wildman–Crippen LogP) is 4.25. The lowest BCUT2D eigenvalue weighted by Crippen LogP contribution is -2.22. The largest absolute Gasteiger partial charge is 0.458 e. The monoisotopic (exact) mass is 324 g/mol. The molecule has 2 aliphatic rings. The van der Waals surface area contributed by atoms with Crippen molar-refractivity contribution in [3.05, 3.63) is 53.1 Å². The van der Waals surface area contributed by atoms with Crippen LogP contribution in [0.2, 0.25) is 0 Å². The Balaban J connectivity index is 1.67. The van der Waals surface area contributed by atoms with Crippen molar-refractivity contribution >= 4 is 5.97 Å². The van der Waals surface area contributed by atoms with E-state index in [1.54, 1.807) is 12.5 Å². The minimum Gasteiger partial charge on any atom is -0.458 e. The molecule has 1 saturated carbocycles. The van der Waals surface area contributed by atoms with Crippen LogP contribution in [0.4, 0.5) is 0 Å². The third kappa shape index (κ3) is 2.85. The third-order valence-corrected chi connectivity index (χ3v) is 5.05. The number of ether oxygens (including phenoxy) is 1. The van der Waals surface area contributed by atoms with Crippen LogP contribution < -0.4 is 0 Å². The first-order valence-electron chi connectivity index (χ1n) is 8.99. The Hall–Kier alpha value is -2.10. The second-order valence-electron chi connectivity index (χ2n) is 7.28. The number of carbonyl (C=O) groups is 1. The van der Waals surface area contributed by atoms with Gasteiger partial charge in [0.2, 0.25) is 0 Å². The maximum atomic E-state index is 12.4. The summed E-state index contributed by atoms with van der Waals surface area (Å²) in [4.78, 5) is 16.6. The van der Waals surface area contributed by atoms with Crippen LogP contribution in [0.15, 0.2) is 30.7 Å². The molecule has 4 heteroatoms. The van der Waals surface area contributed by atoms with Gasteiger partial charge < -0.3 is 9.30 Å². The number of aromatic nitrogens is 2. The zero-order valence-electron chi connectivity index (χ0n) is 14.4. The molecule has 4 nitrogen and oxygen atoms in total. The zero-order valence-corrected chi connectivity index (χ0v) is 14.4. The summed E-state index contributed by atoms with van der Waals surface area (Å²) in [6.45, 7) is 3.74. The van der Waals surface area contributed by atoms with Gasteiger partial charge in [-0.25, -0.2) is 9.78 Å². The van der Waals surface area contributed by atoms with E-state index in [9.17, 15) is 4.79 Å². The minimum absolute atomic E-state index is 0.124. The van der Waals surface area contributed by atoms with Gasteiger partial charge in [-0.3, -0.25) is 0 Å². The van der Waals surface area contributed by atoms with Gasteiger partial charge in [0.25, 0.3) is 0 Å². The summed E-state index contributed by atoms with van der Waals surface area (Å²) in [7, 11) is 0. The van der Waals surface area contributed by atoms with Crippen LogP contribution in [-0.4, -0.2) is 21.6 Å². The first-order valence-corrected chi connectivity index (χ1v) is 8.99. The van der Waals surface area contributed by atoms with Crippen LogP contribution in [-0.2, 0) is 11.2 Å². The van der Waals surface area contributed by atoms with Crippen LogP contribution in [0.3, 0.4) is 0 Å². The van der Waals surface area contributed by atoms with E-state index in [0.29, 0.717) is 5.69 Å². The molecule has 4 rings (SSSR count). The molecule has 126 valence electrons. The second kappa shape index (κ2) is 6.08. The summed E-state index contributed by atoms with van der Waals surface area (Å²) >= 11 is 0. The van der Waals surface area contributed by atoms with E-state index in [4.69, 9.17) is 4.74 Å². The number of aryl methyl sites for hydroxylation is 1. The van der Waals surface area contributed by atoms with Crippen LogP contribution in [0.25, 0.3) is 0 Å². The van der Waals surface area contributed by atoms with Crippen molar-refractivity contribution in [2.75, 3.05) is 0 Å². The number of esters is 1. The summed E-state index contributed by atoms with van der Waals surface area (Å²) < 4.78 is 7.37. The number of benzene rings is 1. The fourth-order valence-corrected chi connectivity index (χ4v) is 3.75. The van der Waals surface area contributed by atoms with Crippen LogP contribution >= 0.6 is 0 Å². The van der Waals surface area contributed by atoms with Crippen molar-refractivity contribution in [3.63, 3.8) is 0 Å². The molecule has 24 heavy (non-hydrogen) atoms. The van der Waals surface area contributed by atoms with Gasteiger partial charge in [0.1, 0.15) is 5.69 Å². The number of nitrogens with zero attached hydrogens (tertiary/aromatic N) is 2. The number of hydrogen-bond acceptors (Lipinski definition) is 3. The summed E-state index contributed by atoms with van der Waals surface area (Å²) in [5.74, 6) is 0.490. The third-order valence-electron chi connectivity index (χ3n) is 5.05. The van der Waals surface area contributed by atoms with Gasteiger partial charge in [0.15, 0.2) is 0 Å². The van der Waals surface area contributed by atoms with Crippen LogP contribution in [0.1, 0.15) is 78.7 Å². The molecule has 2 aromatic rings. The molecule has 1 aromatic carbocycles. The van der Waals surface area contributed by atoms with E-state index in [1.165, 1.54) is 29.5 Å². The van der Waals surface area contributed by atoms with E-state index in [-0.39, 0.29) is 18.1 Å². The second-order valence-corrected chi connectivity index (χ2v) is 7.28. The lowest BCUT2D eigenvalue weighted by molar-refractivity contribution is 0.0363. The Morgan fingerprint density at radius 1 is 1.29 bits per heavy atom. The number of imidazole rings is 1. The Labute approximate surface area is 142 Å². The molecule has 2 aliphatic carbocycles. The SMILES string of the molecule is CC(C)OC(=O)c1cncn1C1CCCc2cc(C3CC3)ccc21. The maximum Gasteiger partial charge on any atom is 0.356 e. The number of rotatable bonds is 4. The molecule has 1 fully saturated rings. The Bertz CT molecular complexity index is 759. The van der Waals surface area contributed by atoms with E-state index in [1.807, 2.05) is 18.4 Å². The number of carbonyl (C=O) groups excluding carboxylic acids is 1. The summed E-state index contributed by atoms with van der Waals surface area (Å²) in [6.07, 6.45) is 9.23. The summed E-state index contributed by atoms with van der Waals surface area (Å²) in [6, 6.07) is 7.11. The molecule has 0 amide bonds. The number of hydrogen-bond donors (Lipinski definition) is 0. The fourth-order valence-electron chi connectivity index (χ4n) is 3.75. The normalized spacial score (nSPS) is 20.0. The molecule has 0 bridgehead atoms. The molecule has 1 heterocycles. The highest BCUT2D eigenvalue weighted by Gasteiger charge is 2.29. The van der Waals surface area contributed by atoms with Gasteiger partial charge in [-0.1, -0.05) is 18.2 Å². The predicted molar refractivity (Wildman–Crippen MR) is 92.3 cm³/mol. The van der Waals surface area contributed by atoms with Gasteiger partial charge in [-0.15, -0.1) is 0 Å². The lowest BCUT2D eigenvalue weighted by Gasteiger charge is -2.28. The molecule has 0 spiro atoms. The highest BCUT2D eigenvalue weighted by molar-refractivity contribution is 5.87. The molecule has 0 saturated heterocycles. The van der Waals surface area contributed by atoms with Crippen LogP contribution in [0.5, 0.6) is 0 Å². The molecule has 1 aromatic heterocycles. The van der Waals surface area contributed by atoms with Crippen LogP contribution in [0, 0.1) is 0 Å². The molecule has 0 N–H and O–H groups in total. The van der Waals surface area contributed by atoms with Crippen molar-refractivity contribution in [1.29, 1.82) is 0 Å². The minimum atomic E-state index is -0.288. The summed E-state index contributed by atoms with van der Waals surface area (Å²) in [5.41, 5.74) is 4.81. The Morgan fingerprint density at radius 2 is 2.12 bits per heavy atom. The molecule has 0 aliphatic heterocycles. The maximum absolute atomic E-state index is 12.4. The van der Waals surface area contributed by atoms with Crippen molar-refractivity contribution in [3.8, 4) is 0 Å². The van der Waals surface area contributed by atoms with Crippen molar-refractivity contribution < 1.29 is 9.53 Å². The average Bonchev–Trinajstić information content (AvgIpc) is 3.30. The fraction of sp³-hybridized carbons (Fsp3) is 0.500. The van der Waals surface area contributed by atoms with Gasteiger partial charge in [-0.05, 0) is 68.6 Å². The molecule has 1 unspecified atom stereocenters. The lowest BCUT2D eigenvalue weighted by atomic mass is 9.86. The van der Waals surface area contributed by atoms with Gasteiger partial charge in [0.05, 0.1) is 24.7 Å². The van der Waals surface area contributed by atoms with Gasteiger partial charge >= 0.3 is 5.97 Å². The Morgan fingerprint density at radius 3 is 2.88 bits per heavy atom. The highest BCUT2D eigenvalue weighted by atomic mass is 16.5. The first kappa shape index (κ1) is 15.4. The van der Waals surface area contributed by atoms with E-state index < -0.39 is 0 Å². The van der Waals surface area contributed by atoms with Gasteiger partial charge in [-0.2, -0.15) is 0 Å². The van der Waals surface area contributed by atoms with Crippen molar-refractivity contribution in [2.45, 2.75) is 64.0 Å². The average molecular weight is 324 g/mol. The zero-order chi connectivity index (χ0) is 16.7. The quantitative estimate of drug-likeness (QED) is 0.790. The summed E-state index contributed by atoms with van der Waals surface area (Å²) in [5, 5.41) is 0. The van der Waals surface area contributed by atoms with E-state index in [2.05, 4.69) is 23.2 Å². The standard InChI is InChI=1S/C20H24N2O2/c1-13(2)24-20(23)19-11-21-12-22(19)18-5-3-4-16-10-15(14-6-7-14)8-9-17(16)18/h8-14,18H,3-7H2,1-2H3. The number of fused-ring (bicyclic) bond motifs is 1. The molecular formula is C20H24N2O2. The van der Waals surface area contributed by atoms with Crippen molar-refractivity contribution in [1.82, 2.24) is 9.55 Å². The van der Waals surface area contributed by atoms with E-state index >= 15 is 0 Å². The highest BCUT2D eigenvalue weighted by Crippen LogP contribution is 2.42. The Kier molecular flexibility index (Phi) is 3.91. The molecule has 0 radical (unpaired) electrons. The molecule has 1 atom stereocenters. The topological polar surface area (TPSA) is 44.1 Å². The molecular weight excluding hydrogens is 300 g/mol. The van der Waals surface area contributed by atoms with Gasteiger partial charge in [0, 0.05) is 0 Å². The smallest absolute Gasteiger partial charge is 0.356 e. The van der Waals surface area contributed by atoms with Crippen molar-refractivity contribution in [2.24, 2.45) is 0 Å².